The highest BCUT2D eigenvalue weighted by Gasteiger charge is 2.16. The lowest BCUT2D eigenvalue weighted by Gasteiger charge is -2.20. The fourth-order valence-corrected chi connectivity index (χ4v) is 1.11. The van der Waals surface area contributed by atoms with Crippen LogP contribution in [-0.4, -0.2) is 50.1 Å². The second kappa shape index (κ2) is 4.90. The number of aliphatic hydroxyl groups excluding tert-OH is 1. The van der Waals surface area contributed by atoms with Crippen molar-refractivity contribution in [3.63, 3.8) is 0 Å². The van der Waals surface area contributed by atoms with Gasteiger partial charge in [-0.1, -0.05) is 0 Å². The van der Waals surface area contributed by atoms with E-state index in [1.807, 2.05) is 0 Å². The molecule has 80 valence electrons. The van der Waals surface area contributed by atoms with E-state index in [0.717, 1.165) is 10.6 Å². The molecule has 0 aromatic rings. The van der Waals surface area contributed by atoms with Crippen LogP contribution in [0.1, 0.15) is 13.8 Å². The van der Waals surface area contributed by atoms with Crippen LogP contribution in [0.25, 0.3) is 0 Å². The molecule has 0 spiro atoms. The van der Waals surface area contributed by atoms with Crippen LogP contribution in [0.15, 0.2) is 0 Å². The molecular weight excluding hydrogens is 194 g/mol. The molecule has 0 fully saturated rings. The smallest absolute Gasteiger partial charge is 0.211 e. The summed E-state index contributed by atoms with van der Waals surface area (Å²) >= 11 is 0. The average Bonchev–Trinajstić information content (AvgIpc) is 1.82. The van der Waals surface area contributed by atoms with Crippen molar-refractivity contribution < 1.29 is 18.3 Å². The highest BCUT2D eigenvalue weighted by atomic mass is 32.2. The Morgan fingerprint density at radius 3 is 2.23 bits per heavy atom. The van der Waals surface area contributed by atoms with Crippen molar-refractivity contribution in [3.8, 4) is 0 Å². The van der Waals surface area contributed by atoms with Gasteiger partial charge in [0.2, 0.25) is 10.0 Å². The summed E-state index contributed by atoms with van der Waals surface area (Å²) in [5.74, 6) is 0. The van der Waals surface area contributed by atoms with Crippen LogP contribution in [0.3, 0.4) is 0 Å². The van der Waals surface area contributed by atoms with Crippen molar-refractivity contribution in [2.75, 3.05) is 19.8 Å². The fourth-order valence-electron chi connectivity index (χ4n) is 0.713. The number of hydrogen-bond acceptors (Lipinski definition) is 4. The van der Waals surface area contributed by atoms with Gasteiger partial charge in [-0.25, -0.2) is 12.7 Å². The molecule has 6 heteroatoms. The van der Waals surface area contributed by atoms with Gasteiger partial charge in [-0.05, 0) is 13.8 Å². The lowest BCUT2D eigenvalue weighted by molar-refractivity contribution is -0.128. The van der Waals surface area contributed by atoms with Crippen LogP contribution in [-0.2, 0) is 14.8 Å². The van der Waals surface area contributed by atoms with Crippen molar-refractivity contribution >= 4 is 10.0 Å². The monoisotopic (exact) mass is 211 g/mol. The summed E-state index contributed by atoms with van der Waals surface area (Å²) in [5.41, 5.74) is 0. The molecule has 0 bridgehead atoms. The zero-order valence-electron chi connectivity index (χ0n) is 8.39. The predicted molar refractivity (Wildman–Crippen MR) is 49.7 cm³/mol. The normalized spacial score (nSPS) is 15.3. The third-order valence-corrected chi connectivity index (χ3v) is 2.69. The van der Waals surface area contributed by atoms with E-state index in [9.17, 15) is 13.5 Å². The molecular formula is C7H17NO4S. The van der Waals surface area contributed by atoms with Crippen molar-refractivity contribution in [1.82, 2.24) is 4.31 Å². The number of rotatable bonds is 5. The highest BCUT2D eigenvalue weighted by molar-refractivity contribution is 7.88. The number of ether oxygens (including phenoxy) is 1. The van der Waals surface area contributed by atoms with Gasteiger partial charge in [0.05, 0.1) is 18.9 Å². The van der Waals surface area contributed by atoms with E-state index in [2.05, 4.69) is 0 Å². The molecule has 0 saturated heterocycles. The number of nitrogens with zero attached hydrogens (tertiary/aromatic N) is 1. The van der Waals surface area contributed by atoms with E-state index in [0.29, 0.717) is 0 Å². The first-order valence-electron chi connectivity index (χ1n) is 3.98. The first-order chi connectivity index (χ1) is 5.73. The van der Waals surface area contributed by atoms with Gasteiger partial charge in [0.15, 0.2) is 6.29 Å². The number of aliphatic hydroxyl groups is 1. The van der Waals surface area contributed by atoms with Gasteiger partial charge in [-0.2, -0.15) is 0 Å². The maximum Gasteiger partial charge on any atom is 0.211 e. The summed E-state index contributed by atoms with van der Waals surface area (Å²) in [7, 11) is -1.85. The molecule has 5 nitrogen and oxygen atoms in total. The van der Waals surface area contributed by atoms with E-state index in [-0.39, 0.29) is 12.6 Å². The lowest BCUT2D eigenvalue weighted by atomic mass is 10.5. The zero-order valence-corrected chi connectivity index (χ0v) is 9.21. The SMILES string of the molecule is CC(C)O[C@H](O)CN(C)S(C)(=O)=O. The molecule has 13 heavy (non-hydrogen) atoms. The minimum atomic E-state index is -3.24. The molecule has 0 amide bonds. The molecule has 0 aliphatic heterocycles. The molecule has 1 N–H and O–H groups in total. The van der Waals surface area contributed by atoms with Crippen LogP contribution in [0.2, 0.25) is 0 Å². The third-order valence-electron chi connectivity index (χ3n) is 1.41. The lowest BCUT2D eigenvalue weighted by Crippen LogP contribution is -2.35. The molecule has 0 radical (unpaired) electrons. The van der Waals surface area contributed by atoms with E-state index in [1.165, 1.54) is 7.05 Å². The van der Waals surface area contributed by atoms with Gasteiger partial charge >= 0.3 is 0 Å². The van der Waals surface area contributed by atoms with Crippen LogP contribution < -0.4 is 0 Å². The van der Waals surface area contributed by atoms with Crippen LogP contribution in [0, 0.1) is 0 Å². The van der Waals surface area contributed by atoms with Crippen LogP contribution in [0.5, 0.6) is 0 Å². The van der Waals surface area contributed by atoms with Gasteiger partial charge < -0.3 is 9.84 Å². The second-order valence-corrected chi connectivity index (χ2v) is 5.27. The van der Waals surface area contributed by atoms with E-state index in [1.54, 1.807) is 13.8 Å². The number of sulfonamides is 1. The Hall–Kier alpha value is -0.170. The minimum Gasteiger partial charge on any atom is -0.367 e. The van der Waals surface area contributed by atoms with Crippen molar-refractivity contribution in [3.05, 3.63) is 0 Å². The summed E-state index contributed by atoms with van der Waals surface area (Å²) in [4.78, 5) is 0. The molecule has 0 aliphatic carbocycles. The second-order valence-electron chi connectivity index (χ2n) is 3.18. The molecule has 0 aliphatic rings. The summed E-state index contributed by atoms with van der Waals surface area (Å²) < 4.78 is 27.8. The Labute approximate surface area is 79.4 Å². The van der Waals surface area contributed by atoms with E-state index < -0.39 is 16.3 Å². The summed E-state index contributed by atoms with van der Waals surface area (Å²) in [6, 6.07) is 0. The molecule has 0 aromatic heterocycles. The molecule has 1 atom stereocenters. The number of likely N-dealkylation sites (N-methyl/N-ethyl adjacent to an activating group) is 1. The average molecular weight is 211 g/mol. The molecule has 0 aromatic carbocycles. The van der Waals surface area contributed by atoms with Crippen LogP contribution >= 0.6 is 0 Å². The Morgan fingerprint density at radius 2 is 1.92 bits per heavy atom. The van der Waals surface area contributed by atoms with Crippen molar-refractivity contribution in [2.45, 2.75) is 26.2 Å². The first-order valence-corrected chi connectivity index (χ1v) is 5.83. The largest absolute Gasteiger partial charge is 0.367 e. The Balaban J connectivity index is 4.00. The highest BCUT2D eigenvalue weighted by Crippen LogP contribution is 1.99. The molecule has 0 saturated carbocycles. The maximum atomic E-state index is 10.9. The topological polar surface area (TPSA) is 66.8 Å². The van der Waals surface area contributed by atoms with Gasteiger partial charge in [0, 0.05) is 7.05 Å². The Kier molecular flexibility index (Phi) is 4.83. The van der Waals surface area contributed by atoms with Gasteiger partial charge in [0.1, 0.15) is 0 Å². The standard InChI is InChI=1S/C7H17NO4S/c1-6(2)12-7(9)5-8(3)13(4,10)11/h6-7,9H,5H2,1-4H3/t7-/m0/s1. The van der Waals surface area contributed by atoms with Gasteiger partial charge in [-0.15, -0.1) is 0 Å². The quantitative estimate of drug-likeness (QED) is 0.630. The zero-order chi connectivity index (χ0) is 10.6. The molecule has 0 rings (SSSR count). The fraction of sp³-hybridized carbons (Fsp3) is 1.00. The third kappa shape index (κ3) is 5.98. The van der Waals surface area contributed by atoms with E-state index in [4.69, 9.17) is 4.74 Å². The maximum absolute atomic E-state index is 10.9. The minimum absolute atomic E-state index is 0.0446. The van der Waals surface area contributed by atoms with Crippen molar-refractivity contribution in [2.24, 2.45) is 0 Å². The first kappa shape index (κ1) is 12.8. The Bertz CT molecular complexity index is 237. The van der Waals surface area contributed by atoms with Gasteiger partial charge in [-0.3, -0.25) is 0 Å². The van der Waals surface area contributed by atoms with Crippen molar-refractivity contribution in [1.29, 1.82) is 0 Å². The van der Waals surface area contributed by atoms with E-state index >= 15 is 0 Å². The summed E-state index contributed by atoms with van der Waals surface area (Å²) in [5, 5.41) is 9.22. The predicted octanol–water partition coefficient (Wildman–Crippen LogP) is -0.379. The van der Waals surface area contributed by atoms with Crippen LogP contribution in [0.4, 0.5) is 0 Å². The van der Waals surface area contributed by atoms with Gasteiger partial charge in [0.25, 0.3) is 0 Å². The summed E-state index contributed by atoms with van der Waals surface area (Å²) in [6.45, 7) is 3.49. The Morgan fingerprint density at radius 1 is 1.46 bits per heavy atom. The number of hydrogen-bond donors (Lipinski definition) is 1. The molecule has 0 heterocycles. The summed E-state index contributed by atoms with van der Waals surface area (Å²) in [6.07, 6.45) is -0.113. The molecule has 0 unspecified atom stereocenters.